The molecule has 0 bridgehead atoms. The first-order valence-electron chi connectivity index (χ1n) is 13.3. The van der Waals surface area contributed by atoms with E-state index in [0.717, 1.165) is 60.6 Å². The minimum Gasteiger partial charge on any atom is -0.497 e. The second-order valence-electron chi connectivity index (χ2n) is 9.87. The van der Waals surface area contributed by atoms with Crippen LogP contribution in [0.4, 0.5) is 5.95 Å². The van der Waals surface area contributed by atoms with Crippen LogP contribution in [0.3, 0.4) is 0 Å². The molecule has 0 atom stereocenters. The smallest absolute Gasteiger partial charge is 0.285 e. The zero-order valence-corrected chi connectivity index (χ0v) is 23.0. The Morgan fingerprint density at radius 2 is 1.80 bits per heavy atom. The van der Waals surface area contributed by atoms with Crippen molar-refractivity contribution in [2.45, 2.75) is 19.4 Å². The van der Waals surface area contributed by atoms with Crippen molar-refractivity contribution in [2.24, 2.45) is 0 Å². The van der Waals surface area contributed by atoms with Crippen LogP contribution in [0.1, 0.15) is 24.0 Å². The molecule has 0 aliphatic carbocycles. The van der Waals surface area contributed by atoms with Crippen molar-refractivity contribution in [3.05, 3.63) is 89.9 Å². The predicted molar refractivity (Wildman–Crippen MR) is 156 cm³/mol. The number of ether oxygens (including phenoxy) is 1. The van der Waals surface area contributed by atoms with Gasteiger partial charge in [0.15, 0.2) is 5.82 Å². The molecule has 0 spiro atoms. The number of nitrogens with one attached hydrogen (secondary N) is 2. The maximum absolute atomic E-state index is 13.3. The van der Waals surface area contributed by atoms with E-state index in [0.29, 0.717) is 11.5 Å². The Kier molecular flexibility index (Phi) is 8.36. The van der Waals surface area contributed by atoms with Crippen molar-refractivity contribution in [3.8, 4) is 22.8 Å². The first-order chi connectivity index (χ1) is 19.5. The summed E-state index contributed by atoms with van der Waals surface area (Å²) in [6, 6.07) is 19.5. The van der Waals surface area contributed by atoms with E-state index in [4.69, 9.17) is 9.84 Å². The number of amides is 1. The normalized spacial score (nSPS) is 13.5. The number of anilines is 1. The Morgan fingerprint density at radius 3 is 2.50 bits per heavy atom. The molecule has 1 aliphatic heterocycles. The van der Waals surface area contributed by atoms with Crippen LogP contribution in [0.25, 0.3) is 23.2 Å². The molecular weight excluding hydrogens is 504 g/mol. The largest absolute Gasteiger partial charge is 0.497 e. The number of carbonyl (C=O) groups excluding carboxylic acids is 1. The molecule has 1 amide bonds. The number of hydrogen-bond acceptors (Lipinski definition) is 8. The lowest BCUT2D eigenvalue weighted by atomic mass is 10.1. The van der Waals surface area contributed by atoms with Crippen molar-refractivity contribution in [1.82, 2.24) is 35.0 Å². The molecular formula is C30H34N8O2. The van der Waals surface area contributed by atoms with Gasteiger partial charge in [0.25, 0.3) is 5.91 Å². The molecule has 2 aromatic heterocycles. The van der Waals surface area contributed by atoms with Gasteiger partial charge in [-0.15, -0.1) is 0 Å². The van der Waals surface area contributed by atoms with Crippen LogP contribution in [0.15, 0.2) is 78.8 Å². The molecule has 2 aromatic carbocycles. The molecule has 1 aliphatic rings. The Balaban J connectivity index is 1.35. The average molecular weight is 539 g/mol. The first kappa shape index (κ1) is 26.9. The van der Waals surface area contributed by atoms with Crippen molar-refractivity contribution in [2.75, 3.05) is 39.7 Å². The number of likely N-dealkylation sites (tertiary alicyclic amines) is 1. The molecule has 206 valence electrons. The van der Waals surface area contributed by atoms with Crippen molar-refractivity contribution >= 4 is 17.9 Å². The second kappa shape index (κ2) is 12.4. The highest BCUT2D eigenvalue weighted by Gasteiger charge is 2.21. The molecule has 10 nitrogen and oxygen atoms in total. The molecule has 1 saturated heterocycles. The van der Waals surface area contributed by atoms with E-state index < -0.39 is 0 Å². The van der Waals surface area contributed by atoms with Crippen LogP contribution in [-0.2, 0) is 11.3 Å². The molecule has 5 rings (SSSR count). The highest BCUT2D eigenvalue weighted by Crippen LogP contribution is 2.24. The van der Waals surface area contributed by atoms with Gasteiger partial charge in [0.05, 0.1) is 12.8 Å². The Labute approximate surface area is 234 Å². The summed E-state index contributed by atoms with van der Waals surface area (Å²) in [5.74, 6) is 1.36. The number of hydrogen-bond donors (Lipinski definition) is 2. The average Bonchev–Trinajstić information content (AvgIpc) is 3.66. The van der Waals surface area contributed by atoms with Crippen LogP contribution < -0.4 is 15.6 Å². The number of hydrazine groups is 1. The Bertz CT molecular complexity index is 1460. The van der Waals surface area contributed by atoms with Gasteiger partial charge in [-0.25, -0.2) is 9.67 Å². The monoisotopic (exact) mass is 538 g/mol. The summed E-state index contributed by atoms with van der Waals surface area (Å²) in [4.78, 5) is 26.4. The molecule has 0 radical (unpaired) electrons. The third kappa shape index (κ3) is 6.47. The maximum Gasteiger partial charge on any atom is 0.285 e. The van der Waals surface area contributed by atoms with Crippen LogP contribution in [0, 0.1) is 0 Å². The summed E-state index contributed by atoms with van der Waals surface area (Å²) in [7, 11) is 5.69. The lowest BCUT2D eigenvalue weighted by Gasteiger charge is -2.21. The number of aromatic nitrogens is 4. The fourth-order valence-corrected chi connectivity index (χ4v) is 4.65. The number of nitrogens with zero attached hydrogens (tertiary/aromatic N) is 6. The molecule has 0 unspecified atom stereocenters. The molecule has 40 heavy (non-hydrogen) atoms. The van der Waals surface area contributed by atoms with Gasteiger partial charge in [-0.3, -0.25) is 15.6 Å². The standard InChI is InChI=1S/C30H34N8O2/c1-36(2)20-24-21-38(35-28(24)23-9-5-4-6-10-23)27-15-16-31-30(32-27)34-33-29(39)26(37-17-7-8-18-37)19-22-11-13-25(40-3)14-12-22/h4-6,9-16,19,21H,7-8,17-18,20H2,1-3H3,(H,33,39)(H,31,32,34). The first-order valence-corrected chi connectivity index (χ1v) is 13.3. The van der Waals surface area contributed by atoms with E-state index in [1.54, 1.807) is 24.1 Å². The highest BCUT2D eigenvalue weighted by atomic mass is 16.5. The van der Waals surface area contributed by atoms with Crippen molar-refractivity contribution in [3.63, 3.8) is 0 Å². The van der Waals surface area contributed by atoms with Gasteiger partial charge in [0.2, 0.25) is 5.95 Å². The topological polar surface area (TPSA) is 100 Å². The van der Waals surface area contributed by atoms with Gasteiger partial charge in [0, 0.05) is 49.2 Å². The van der Waals surface area contributed by atoms with Gasteiger partial charge in [-0.1, -0.05) is 42.5 Å². The van der Waals surface area contributed by atoms with Gasteiger partial charge in [0.1, 0.15) is 11.4 Å². The molecule has 3 heterocycles. The number of rotatable bonds is 10. The second-order valence-corrected chi connectivity index (χ2v) is 9.87. The van der Waals surface area contributed by atoms with Gasteiger partial charge in [-0.05, 0) is 50.7 Å². The van der Waals surface area contributed by atoms with Crippen LogP contribution in [0.2, 0.25) is 0 Å². The molecule has 0 saturated carbocycles. The summed E-state index contributed by atoms with van der Waals surface area (Å²) in [6.07, 6.45) is 7.62. The summed E-state index contributed by atoms with van der Waals surface area (Å²) in [6.45, 7) is 2.40. The Morgan fingerprint density at radius 1 is 1.05 bits per heavy atom. The van der Waals surface area contributed by atoms with E-state index in [-0.39, 0.29) is 11.9 Å². The molecule has 10 heteroatoms. The van der Waals surface area contributed by atoms with Crippen molar-refractivity contribution < 1.29 is 9.53 Å². The minimum atomic E-state index is -0.259. The number of methoxy groups -OCH3 is 1. The lowest BCUT2D eigenvalue weighted by Crippen LogP contribution is -2.37. The minimum absolute atomic E-state index is 0.259. The molecule has 4 aromatic rings. The number of benzene rings is 2. The van der Waals surface area contributed by atoms with Gasteiger partial charge >= 0.3 is 0 Å². The van der Waals surface area contributed by atoms with Crippen LogP contribution >= 0.6 is 0 Å². The lowest BCUT2D eigenvalue weighted by molar-refractivity contribution is -0.118. The zero-order valence-electron chi connectivity index (χ0n) is 23.0. The van der Waals surface area contributed by atoms with Crippen LogP contribution in [0.5, 0.6) is 5.75 Å². The zero-order chi connectivity index (χ0) is 27.9. The quantitative estimate of drug-likeness (QED) is 0.231. The molecule has 2 N–H and O–H groups in total. The van der Waals surface area contributed by atoms with E-state index >= 15 is 0 Å². The summed E-state index contributed by atoms with van der Waals surface area (Å²) < 4.78 is 7.00. The van der Waals surface area contributed by atoms with E-state index in [1.807, 2.05) is 81.0 Å². The summed E-state index contributed by atoms with van der Waals surface area (Å²) in [5.41, 5.74) is 10.2. The highest BCUT2D eigenvalue weighted by molar-refractivity contribution is 5.97. The fraction of sp³-hybridized carbons (Fsp3) is 0.267. The number of carbonyl (C=O) groups is 1. The van der Waals surface area contributed by atoms with Gasteiger partial charge < -0.3 is 14.5 Å². The van der Waals surface area contributed by atoms with E-state index in [1.165, 1.54) is 0 Å². The summed E-state index contributed by atoms with van der Waals surface area (Å²) in [5, 5.41) is 4.84. The third-order valence-electron chi connectivity index (χ3n) is 6.59. The third-order valence-corrected chi connectivity index (χ3v) is 6.59. The maximum atomic E-state index is 13.3. The predicted octanol–water partition coefficient (Wildman–Crippen LogP) is 3.98. The fourth-order valence-electron chi connectivity index (χ4n) is 4.65. The van der Waals surface area contributed by atoms with Crippen molar-refractivity contribution in [1.29, 1.82) is 0 Å². The Hall–Kier alpha value is -4.70. The van der Waals surface area contributed by atoms with Crippen LogP contribution in [-0.4, -0.2) is 69.8 Å². The SMILES string of the molecule is COc1ccc(C=C(C(=O)NNc2nccc(-n3cc(CN(C)C)c(-c4ccccc4)n3)n2)N2CCCC2)cc1. The van der Waals surface area contributed by atoms with Gasteiger partial charge in [-0.2, -0.15) is 10.1 Å². The summed E-state index contributed by atoms with van der Waals surface area (Å²) >= 11 is 0. The molecule has 1 fully saturated rings. The van der Waals surface area contributed by atoms with E-state index in [9.17, 15) is 4.79 Å². The van der Waals surface area contributed by atoms with E-state index in [2.05, 4.69) is 30.6 Å².